The number of hydrazine groups is 1. The molecule has 2 aromatic rings. The van der Waals surface area contributed by atoms with Crippen molar-refractivity contribution in [3.8, 4) is 0 Å². The standard InChI is InChI=1S/C10H12N4O/c1-6-3-4-8-12-7(2)9(10(15)13-11)14(8)5-6/h3-5H,11H2,1-2H3,(H,13,15). The average Bonchev–Trinajstić information content (AvgIpc) is 2.52. The van der Waals surface area contributed by atoms with Crippen LogP contribution in [0, 0.1) is 13.8 Å². The maximum atomic E-state index is 11.5. The molecule has 3 N–H and O–H groups in total. The molecular weight excluding hydrogens is 192 g/mol. The van der Waals surface area contributed by atoms with Gasteiger partial charge in [0.2, 0.25) is 0 Å². The number of carbonyl (C=O) groups is 1. The van der Waals surface area contributed by atoms with E-state index < -0.39 is 0 Å². The number of nitrogen functional groups attached to an aromatic ring is 1. The lowest BCUT2D eigenvalue weighted by Gasteiger charge is -2.01. The zero-order chi connectivity index (χ0) is 11.0. The van der Waals surface area contributed by atoms with Crippen molar-refractivity contribution in [3.63, 3.8) is 0 Å². The summed E-state index contributed by atoms with van der Waals surface area (Å²) in [6.07, 6.45) is 1.86. The number of amides is 1. The second-order valence-corrected chi connectivity index (χ2v) is 3.45. The third-order valence-corrected chi connectivity index (χ3v) is 2.29. The number of hydrogen-bond acceptors (Lipinski definition) is 3. The van der Waals surface area contributed by atoms with Gasteiger partial charge in [-0.2, -0.15) is 0 Å². The topological polar surface area (TPSA) is 72.4 Å². The van der Waals surface area contributed by atoms with Crippen molar-refractivity contribution in [2.75, 3.05) is 0 Å². The Morgan fingerprint density at radius 2 is 2.20 bits per heavy atom. The van der Waals surface area contributed by atoms with Crippen LogP contribution in [0.5, 0.6) is 0 Å². The molecule has 0 fully saturated rings. The minimum absolute atomic E-state index is 0.328. The Morgan fingerprint density at radius 1 is 1.47 bits per heavy atom. The molecular formula is C10H12N4O. The molecule has 0 radical (unpaired) electrons. The molecule has 0 aliphatic rings. The van der Waals surface area contributed by atoms with Crippen molar-refractivity contribution in [2.24, 2.45) is 5.84 Å². The number of carbonyl (C=O) groups excluding carboxylic acids is 1. The van der Waals surface area contributed by atoms with Gasteiger partial charge in [0, 0.05) is 6.20 Å². The quantitative estimate of drug-likeness (QED) is 0.405. The van der Waals surface area contributed by atoms with E-state index >= 15 is 0 Å². The Labute approximate surface area is 86.9 Å². The first kappa shape index (κ1) is 9.67. The van der Waals surface area contributed by atoms with Crippen molar-refractivity contribution in [2.45, 2.75) is 13.8 Å². The maximum absolute atomic E-state index is 11.5. The van der Waals surface area contributed by atoms with E-state index in [4.69, 9.17) is 5.84 Å². The van der Waals surface area contributed by atoms with Gasteiger partial charge in [-0.25, -0.2) is 10.8 Å². The minimum Gasteiger partial charge on any atom is -0.295 e. The van der Waals surface area contributed by atoms with Crippen LogP contribution in [0.3, 0.4) is 0 Å². The lowest BCUT2D eigenvalue weighted by Crippen LogP contribution is -2.31. The van der Waals surface area contributed by atoms with Crippen molar-refractivity contribution in [3.05, 3.63) is 35.3 Å². The van der Waals surface area contributed by atoms with Gasteiger partial charge in [0.05, 0.1) is 5.69 Å². The summed E-state index contributed by atoms with van der Waals surface area (Å²) in [5, 5.41) is 0. The Kier molecular flexibility index (Phi) is 2.17. The predicted octanol–water partition coefficient (Wildman–Crippen LogP) is 0.555. The number of pyridine rings is 1. The molecule has 0 bridgehead atoms. The molecule has 0 aromatic carbocycles. The van der Waals surface area contributed by atoms with Crippen LogP contribution in [0.25, 0.3) is 5.65 Å². The SMILES string of the molecule is Cc1ccc2nc(C)c(C(=O)NN)n2c1. The smallest absolute Gasteiger partial charge is 0.284 e. The average molecular weight is 204 g/mol. The highest BCUT2D eigenvalue weighted by atomic mass is 16.2. The summed E-state index contributed by atoms with van der Waals surface area (Å²) in [7, 11) is 0. The van der Waals surface area contributed by atoms with Crippen LogP contribution in [0.2, 0.25) is 0 Å². The lowest BCUT2D eigenvalue weighted by molar-refractivity contribution is 0.0947. The van der Waals surface area contributed by atoms with Crippen LogP contribution in [0.4, 0.5) is 0 Å². The van der Waals surface area contributed by atoms with Crippen molar-refractivity contribution < 1.29 is 4.79 Å². The summed E-state index contributed by atoms with van der Waals surface area (Å²) in [4.78, 5) is 15.8. The van der Waals surface area contributed by atoms with Gasteiger partial charge >= 0.3 is 0 Å². The summed E-state index contributed by atoms with van der Waals surface area (Å²) in [5.74, 6) is 4.79. The van der Waals surface area contributed by atoms with Gasteiger partial charge < -0.3 is 0 Å². The van der Waals surface area contributed by atoms with Gasteiger partial charge in [0.25, 0.3) is 5.91 Å². The van der Waals surface area contributed by atoms with E-state index in [1.54, 1.807) is 11.3 Å². The Bertz CT molecular complexity index is 529. The van der Waals surface area contributed by atoms with Gasteiger partial charge in [0.15, 0.2) is 0 Å². The highest BCUT2D eigenvalue weighted by Gasteiger charge is 2.14. The number of fused-ring (bicyclic) bond motifs is 1. The first-order chi connectivity index (χ1) is 7.13. The minimum atomic E-state index is -0.328. The second kappa shape index (κ2) is 3.36. The molecule has 0 saturated carbocycles. The molecule has 0 aliphatic heterocycles. The molecule has 2 aromatic heterocycles. The van der Waals surface area contributed by atoms with Crippen LogP contribution >= 0.6 is 0 Å². The van der Waals surface area contributed by atoms with E-state index in [-0.39, 0.29) is 5.91 Å². The molecule has 2 rings (SSSR count). The molecule has 78 valence electrons. The van der Waals surface area contributed by atoms with E-state index in [9.17, 15) is 4.79 Å². The number of nitrogens with one attached hydrogen (secondary N) is 1. The summed E-state index contributed by atoms with van der Waals surface area (Å²) in [6, 6.07) is 3.82. The largest absolute Gasteiger partial charge is 0.295 e. The number of aromatic nitrogens is 2. The lowest BCUT2D eigenvalue weighted by atomic mass is 10.3. The fraction of sp³-hybridized carbons (Fsp3) is 0.200. The molecule has 0 unspecified atom stereocenters. The molecule has 5 nitrogen and oxygen atoms in total. The van der Waals surface area contributed by atoms with Gasteiger partial charge in [-0.05, 0) is 25.5 Å². The third kappa shape index (κ3) is 1.46. The number of nitrogens with zero attached hydrogens (tertiary/aromatic N) is 2. The van der Waals surface area contributed by atoms with E-state index in [0.29, 0.717) is 11.4 Å². The second-order valence-electron chi connectivity index (χ2n) is 3.45. The first-order valence-electron chi connectivity index (χ1n) is 4.59. The molecule has 15 heavy (non-hydrogen) atoms. The summed E-state index contributed by atoms with van der Waals surface area (Å²) in [6.45, 7) is 3.74. The van der Waals surface area contributed by atoms with Gasteiger partial charge in [-0.1, -0.05) is 6.07 Å². The Hall–Kier alpha value is -1.88. The molecule has 0 saturated heterocycles. The molecule has 5 heteroatoms. The van der Waals surface area contributed by atoms with Gasteiger partial charge in [-0.3, -0.25) is 14.6 Å². The summed E-state index contributed by atoms with van der Waals surface area (Å²) in [5.41, 5.74) is 5.08. The van der Waals surface area contributed by atoms with Crippen LogP contribution < -0.4 is 11.3 Å². The predicted molar refractivity (Wildman–Crippen MR) is 56.3 cm³/mol. The summed E-state index contributed by atoms with van der Waals surface area (Å²) >= 11 is 0. The molecule has 0 spiro atoms. The zero-order valence-electron chi connectivity index (χ0n) is 8.61. The summed E-state index contributed by atoms with van der Waals surface area (Å²) < 4.78 is 1.74. The number of hydrogen-bond donors (Lipinski definition) is 2. The van der Waals surface area contributed by atoms with Crippen LogP contribution in [0.1, 0.15) is 21.7 Å². The zero-order valence-corrected chi connectivity index (χ0v) is 8.61. The number of nitrogens with two attached hydrogens (primary N) is 1. The van der Waals surface area contributed by atoms with E-state index in [2.05, 4.69) is 10.4 Å². The van der Waals surface area contributed by atoms with Crippen LogP contribution in [0.15, 0.2) is 18.3 Å². The third-order valence-electron chi connectivity index (χ3n) is 2.29. The van der Waals surface area contributed by atoms with Crippen molar-refractivity contribution in [1.82, 2.24) is 14.8 Å². The van der Waals surface area contributed by atoms with Crippen LogP contribution in [-0.2, 0) is 0 Å². The maximum Gasteiger partial charge on any atom is 0.284 e. The van der Waals surface area contributed by atoms with E-state index in [1.807, 2.05) is 25.3 Å². The van der Waals surface area contributed by atoms with E-state index in [1.165, 1.54) is 0 Å². The Morgan fingerprint density at radius 3 is 2.87 bits per heavy atom. The van der Waals surface area contributed by atoms with Crippen LogP contribution in [-0.4, -0.2) is 15.3 Å². The van der Waals surface area contributed by atoms with Gasteiger partial charge in [-0.15, -0.1) is 0 Å². The molecule has 1 amide bonds. The highest BCUT2D eigenvalue weighted by Crippen LogP contribution is 2.12. The highest BCUT2D eigenvalue weighted by molar-refractivity contribution is 5.94. The monoisotopic (exact) mass is 204 g/mol. The van der Waals surface area contributed by atoms with E-state index in [0.717, 1.165) is 11.2 Å². The molecule has 0 atom stereocenters. The fourth-order valence-corrected chi connectivity index (χ4v) is 1.61. The fourth-order valence-electron chi connectivity index (χ4n) is 1.61. The van der Waals surface area contributed by atoms with Crippen molar-refractivity contribution >= 4 is 11.6 Å². The number of rotatable bonds is 1. The molecule has 0 aliphatic carbocycles. The van der Waals surface area contributed by atoms with Gasteiger partial charge in [0.1, 0.15) is 11.3 Å². The Balaban J connectivity index is 2.76. The van der Waals surface area contributed by atoms with Crippen molar-refractivity contribution in [1.29, 1.82) is 0 Å². The number of imidazole rings is 1. The molecule has 2 heterocycles. The number of aryl methyl sites for hydroxylation is 2. The normalized spacial score (nSPS) is 10.6. The first-order valence-corrected chi connectivity index (χ1v) is 4.59.